The van der Waals surface area contributed by atoms with Crippen LogP contribution in [0.2, 0.25) is 0 Å². The number of rotatable bonds is 4. The quantitative estimate of drug-likeness (QED) is 0.806. The molecule has 1 aliphatic carbocycles. The van der Waals surface area contributed by atoms with Gasteiger partial charge in [-0.3, -0.25) is 0 Å². The zero-order valence-corrected chi connectivity index (χ0v) is 14.9. The number of halogens is 2. The monoisotopic (exact) mass is 361 g/mol. The minimum Gasteiger partial charge on any atom is -0.490 e. The van der Waals surface area contributed by atoms with Crippen LogP contribution in [0.25, 0.3) is 0 Å². The van der Waals surface area contributed by atoms with E-state index in [1.807, 2.05) is 0 Å². The molecule has 0 radical (unpaired) electrons. The second kappa shape index (κ2) is 7.67. The van der Waals surface area contributed by atoms with Crippen LogP contribution in [0.15, 0.2) is 22.7 Å². The van der Waals surface area contributed by atoms with Gasteiger partial charge in [0.1, 0.15) is 5.75 Å². The van der Waals surface area contributed by atoms with Crippen molar-refractivity contribution < 1.29 is 4.74 Å². The van der Waals surface area contributed by atoms with Crippen molar-refractivity contribution in [3.05, 3.63) is 28.2 Å². The molecule has 20 heavy (non-hydrogen) atoms. The molecule has 0 atom stereocenters. The summed E-state index contributed by atoms with van der Waals surface area (Å²) in [5.41, 5.74) is 1.35. The highest BCUT2D eigenvalue weighted by atomic mass is 79.9. The highest BCUT2D eigenvalue weighted by Gasteiger charge is 2.18. The summed E-state index contributed by atoms with van der Waals surface area (Å²) in [6, 6.07) is 6.30. The molecule has 1 saturated carbocycles. The summed E-state index contributed by atoms with van der Waals surface area (Å²) in [5.74, 6) is 1.03. The van der Waals surface area contributed by atoms with Crippen LogP contribution in [0.4, 0.5) is 0 Å². The van der Waals surface area contributed by atoms with Gasteiger partial charge in [0.15, 0.2) is 0 Å². The van der Waals surface area contributed by atoms with Gasteiger partial charge >= 0.3 is 0 Å². The van der Waals surface area contributed by atoms with Crippen LogP contribution < -0.4 is 10.1 Å². The molecule has 1 N–H and O–H groups in total. The zero-order valence-electron chi connectivity index (χ0n) is 12.5. The van der Waals surface area contributed by atoms with Crippen molar-refractivity contribution in [2.45, 2.75) is 64.6 Å². The zero-order chi connectivity index (χ0) is 13.9. The van der Waals surface area contributed by atoms with Crippen molar-refractivity contribution in [3.8, 4) is 5.75 Å². The largest absolute Gasteiger partial charge is 0.490 e. The highest BCUT2D eigenvalue weighted by molar-refractivity contribution is 9.10. The molecular weight excluding hydrogens is 338 g/mol. The topological polar surface area (TPSA) is 21.3 Å². The maximum Gasteiger partial charge on any atom is 0.124 e. The van der Waals surface area contributed by atoms with Crippen molar-refractivity contribution in [3.63, 3.8) is 0 Å². The van der Waals surface area contributed by atoms with E-state index in [0.717, 1.165) is 16.8 Å². The summed E-state index contributed by atoms with van der Waals surface area (Å²) in [6.07, 6.45) is 5.41. The van der Waals surface area contributed by atoms with E-state index in [9.17, 15) is 0 Å². The smallest absolute Gasteiger partial charge is 0.124 e. The number of hydrogen-bond acceptors (Lipinski definition) is 2. The number of ether oxygens (including phenoxy) is 1. The summed E-state index contributed by atoms with van der Waals surface area (Å²) in [6.45, 7) is 7.39. The first kappa shape index (κ1) is 17.8. The Balaban J connectivity index is 0.00000200. The Morgan fingerprint density at radius 3 is 2.50 bits per heavy atom. The van der Waals surface area contributed by atoms with E-state index in [1.165, 1.54) is 31.2 Å². The molecule has 0 heterocycles. The molecule has 0 saturated heterocycles. The molecule has 1 aromatic carbocycles. The number of nitrogens with one attached hydrogen (secondary N) is 1. The molecule has 1 aromatic rings. The highest BCUT2D eigenvalue weighted by Crippen LogP contribution is 2.29. The van der Waals surface area contributed by atoms with Gasteiger partial charge in [-0.2, -0.15) is 0 Å². The molecule has 114 valence electrons. The lowest BCUT2D eigenvalue weighted by Crippen LogP contribution is -2.35. The Hall–Kier alpha value is -0.250. The van der Waals surface area contributed by atoms with Crippen molar-refractivity contribution in [1.29, 1.82) is 0 Å². The van der Waals surface area contributed by atoms with Gasteiger partial charge in [-0.15, -0.1) is 12.4 Å². The lowest BCUT2D eigenvalue weighted by Gasteiger charge is -2.23. The van der Waals surface area contributed by atoms with Gasteiger partial charge in [0, 0.05) is 22.1 Å². The summed E-state index contributed by atoms with van der Waals surface area (Å²) >= 11 is 3.55. The Kier molecular flexibility index (Phi) is 6.83. The Morgan fingerprint density at radius 1 is 1.25 bits per heavy atom. The average Bonchev–Trinajstić information content (AvgIpc) is 2.81. The molecule has 0 amide bonds. The lowest BCUT2D eigenvalue weighted by molar-refractivity contribution is 0.207. The fourth-order valence-corrected chi connectivity index (χ4v) is 2.76. The molecule has 0 aliphatic heterocycles. The van der Waals surface area contributed by atoms with Crippen LogP contribution in [0, 0.1) is 0 Å². The lowest BCUT2D eigenvalue weighted by atomic mass is 10.1. The van der Waals surface area contributed by atoms with E-state index in [-0.39, 0.29) is 17.9 Å². The normalized spacial score (nSPS) is 16.0. The summed E-state index contributed by atoms with van der Waals surface area (Å²) in [7, 11) is 0. The summed E-state index contributed by atoms with van der Waals surface area (Å²) < 4.78 is 7.27. The predicted octanol–water partition coefficient (Wildman–Crippen LogP) is 5.08. The summed E-state index contributed by atoms with van der Waals surface area (Å²) in [5, 5.41) is 3.53. The third kappa shape index (κ3) is 5.63. The van der Waals surface area contributed by atoms with Gasteiger partial charge in [-0.05, 0) is 64.7 Å². The molecule has 2 nitrogen and oxygen atoms in total. The van der Waals surface area contributed by atoms with E-state index in [0.29, 0.717) is 6.10 Å². The van der Waals surface area contributed by atoms with E-state index in [1.54, 1.807) is 0 Å². The minimum absolute atomic E-state index is 0. The average molecular weight is 363 g/mol. The van der Waals surface area contributed by atoms with Gasteiger partial charge in [0.25, 0.3) is 0 Å². The molecule has 0 unspecified atom stereocenters. The van der Waals surface area contributed by atoms with Crippen molar-refractivity contribution in [2.24, 2.45) is 0 Å². The second-order valence-corrected chi connectivity index (χ2v) is 7.30. The standard InChI is InChI=1S/C16H24BrNO.ClH/c1-16(2,3)18-11-12-10-13(17)8-9-15(12)19-14-6-4-5-7-14;/h8-10,14,18H,4-7,11H2,1-3H3;1H. The van der Waals surface area contributed by atoms with Crippen LogP contribution in [-0.4, -0.2) is 11.6 Å². The predicted molar refractivity (Wildman–Crippen MR) is 90.9 cm³/mol. The molecule has 0 bridgehead atoms. The summed E-state index contributed by atoms with van der Waals surface area (Å²) in [4.78, 5) is 0. The Bertz CT molecular complexity index is 425. The van der Waals surface area contributed by atoms with Crippen LogP contribution in [0.1, 0.15) is 52.0 Å². The number of hydrogen-bond donors (Lipinski definition) is 1. The van der Waals surface area contributed by atoms with Crippen LogP contribution in [-0.2, 0) is 6.54 Å². The first-order valence-corrected chi connectivity index (χ1v) is 7.93. The maximum atomic E-state index is 6.17. The van der Waals surface area contributed by atoms with Gasteiger partial charge in [0.05, 0.1) is 6.10 Å². The van der Waals surface area contributed by atoms with E-state index >= 15 is 0 Å². The molecule has 1 fully saturated rings. The van der Waals surface area contributed by atoms with Gasteiger partial charge in [0.2, 0.25) is 0 Å². The van der Waals surface area contributed by atoms with Crippen molar-refractivity contribution in [1.82, 2.24) is 5.32 Å². The first-order chi connectivity index (χ1) is 8.94. The van der Waals surface area contributed by atoms with Crippen molar-refractivity contribution in [2.75, 3.05) is 0 Å². The fourth-order valence-electron chi connectivity index (χ4n) is 2.35. The van der Waals surface area contributed by atoms with E-state index in [4.69, 9.17) is 4.74 Å². The van der Waals surface area contributed by atoms with Crippen LogP contribution in [0.5, 0.6) is 5.75 Å². The van der Waals surface area contributed by atoms with E-state index in [2.05, 4.69) is 60.2 Å². The van der Waals surface area contributed by atoms with Crippen LogP contribution in [0.3, 0.4) is 0 Å². The fraction of sp³-hybridized carbons (Fsp3) is 0.625. The third-order valence-electron chi connectivity index (χ3n) is 3.43. The minimum atomic E-state index is 0. The Labute approximate surface area is 137 Å². The Morgan fingerprint density at radius 2 is 1.90 bits per heavy atom. The molecule has 4 heteroatoms. The molecular formula is C16H25BrClNO. The maximum absolute atomic E-state index is 6.17. The third-order valence-corrected chi connectivity index (χ3v) is 3.92. The number of benzene rings is 1. The van der Waals surface area contributed by atoms with Crippen molar-refractivity contribution >= 4 is 28.3 Å². The van der Waals surface area contributed by atoms with Gasteiger partial charge < -0.3 is 10.1 Å². The van der Waals surface area contributed by atoms with Crippen LogP contribution >= 0.6 is 28.3 Å². The molecule has 2 rings (SSSR count). The SMILES string of the molecule is CC(C)(C)NCc1cc(Br)ccc1OC1CCCC1.Cl. The van der Waals surface area contributed by atoms with Gasteiger partial charge in [-0.1, -0.05) is 15.9 Å². The van der Waals surface area contributed by atoms with E-state index < -0.39 is 0 Å². The molecule has 0 aromatic heterocycles. The first-order valence-electron chi connectivity index (χ1n) is 7.14. The molecule has 0 spiro atoms. The molecule has 1 aliphatic rings. The second-order valence-electron chi connectivity index (χ2n) is 6.38. The van der Waals surface area contributed by atoms with Gasteiger partial charge in [-0.25, -0.2) is 0 Å².